The molecule has 0 unspecified atom stereocenters. The van der Waals surface area contributed by atoms with E-state index in [1.54, 1.807) is 13.2 Å². The maximum atomic E-state index is 13.9. The summed E-state index contributed by atoms with van der Waals surface area (Å²) in [5, 5.41) is 0. The first-order valence-corrected chi connectivity index (χ1v) is 12.2. The number of ether oxygens (including phenoxy) is 2. The molecule has 0 saturated carbocycles. The smallest absolute Gasteiger partial charge is 0.227 e. The Morgan fingerprint density at radius 3 is 2.49 bits per heavy atom. The molecule has 182 valence electrons. The summed E-state index contributed by atoms with van der Waals surface area (Å²) in [6, 6.07) is 22.5. The van der Waals surface area contributed by atoms with Gasteiger partial charge in [-0.05, 0) is 86.3 Å². The van der Waals surface area contributed by atoms with Crippen molar-refractivity contribution in [2.75, 3.05) is 18.6 Å². The number of hydrogen-bond acceptors (Lipinski definition) is 4. The third kappa shape index (κ3) is 4.89. The summed E-state index contributed by atoms with van der Waals surface area (Å²) in [5.74, 6) is 2.15. The molecule has 3 aromatic rings. The largest absolute Gasteiger partial charge is 0.497 e. The van der Waals surface area contributed by atoms with Gasteiger partial charge < -0.3 is 14.4 Å². The van der Waals surface area contributed by atoms with Crippen LogP contribution in [-0.2, 0) is 11.3 Å². The summed E-state index contributed by atoms with van der Waals surface area (Å²) in [6.45, 7) is 3.92. The minimum atomic E-state index is -0.306. The average Bonchev–Trinajstić information content (AvgIpc) is 3.17. The van der Waals surface area contributed by atoms with Crippen molar-refractivity contribution in [1.82, 2.24) is 4.90 Å². The van der Waals surface area contributed by atoms with E-state index < -0.39 is 0 Å². The number of anilines is 1. The summed E-state index contributed by atoms with van der Waals surface area (Å²) in [4.78, 5) is 17.2. The number of rotatable bonds is 6. The van der Waals surface area contributed by atoms with Crippen LogP contribution in [0, 0.1) is 5.82 Å². The van der Waals surface area contributed by atoms with Crippen LogP contribution >= 0.6 is 0 Å². The first kappa shape index (κ1) is 23.4. The second-order valence-electron chi connectivity index (χ2n) is 9.63. The highest BCUT2D eigenvalue weighted by molar-refractivity contribution is 5.97. The lowest BCUT2D eigenvalue weighted by Crippen LogP contribution is -2.56. The zero-order valence-electron chi connectivity index (χ0n) is 20.2. The van der Waals surface area contributed by atoms with Gasteiger partial charge in [-0.3, -0.25) is 9.69 Å². The highest BCUT2D eigenvalue weighted by atomic mass is 19.1. The van der Waals surface area contributed by atoms with Crippen LogP contribution in [0.1, 0.15) is 38.2 Å². The molecule has 2 aliphatic heterocycles. The predicted octanol–water partition coefficient (Wildman–Crippen LogP) is 6.18. The Morgan fingerprint density at radius 1 is 0.971 bits per heavy atom. The summed E-state index contributed by atoms with van der Waals surface area (Å²) < 4.78 is 25.2. The van der Waals surface area contributed by atoms with Gasteiger partial charge in [-0.25, -0.2) is 4.39 Å². The van der Waals surface area contributed by atoms with Crippen molar-refractivity contribution in [3.05, 3.63) is 84.2 Å². The molecule has 5 nitrogen and oxygen atoms in total. The topological polar surface area (TPSA) is 42.0 Å². The molecule has 2 fully saturated rings. The van der Waals surface area contributed by atoms with Crippen LogP contribution in [0.5, 0.6) is 17.2 Å². The number of benzene rings is 3. The second kappa shape index (κ2) is 9.70. The molecule has 5 rings (SSSR count). The Kier molecular flexibility index (Phi) is 6.48. The van der Waals surface area contributed by atoms with Gasteiger partial charge in [0, 0.05) is 31.2 Å². The normalized spacial score (nSPS) is 22.5. The van der Waals surface area contributed by atoms with E-state index in [2.05, 4.69) is 24.0 Å². The van der Waals surface area contributed by atoms with Gasteiger partial charge in [-0.1, -0.05) is 18.2 Å². The molecular weight excluding hydrogens is 443 g/mol. The van der Waals surface area contributed by atoms with E-state index in [0.717, 1.165) is 49.6 Å². The molecule has 0 radical (unpaired) electrons. The third-order valence-corrected chi connectivity index (χ3v) is 7.34. The predicted molar refractivity (Wildman–Crippen MR) is 134 cm³/mol. The van der Waals surface area contributed by atoms with Crippen LogP contribution in [0.25, 0.3) is 0 Å². The van der Waals surface area contributed by atoms with Gasteiger partial charge in [0.1, 0.15) is 23.1 Å². The molecule has 0 aliphatic carbocycles. The van der Waals surface area contributed by atoms with E-state index in [0.29, 0.717) is 12.1 Å². The van der Waals surface area contributed by atoms with Gasteiger partial charge in [-0.15, -0.1) is 0 Å². The third-order valence-electron chi connectivity index (χ3n) is 7.34. The van der Waals surface area contributed by atoms with Gasteiger partial charge in [0.2, 0.25) is 5.91 Å². The van der Waals surface area contributed by atoms with Crippen molar-refractivity contribution in [2.24, 2.45) is 0 Å². The van der Waals surface area contributed by atoms with Crippen LogP contribution in [0.4, 0.5) is 10.1 Å². The van der Waals surface area contributed by atoms with Crippen LogP contribution in [0.2, 0.25) is 0 Å². The highest BCUT2D eigenvalue weighted by Gasteiger charge is 2.49. The standard InChI is InChI=1S/C29H31FN2O3/c1-21-19-29(14-13-28(33)32(29)24-7-4-6-23(30)18-24)15-16-31(21)20-22-5-3-8-27(17-22)35-26-11-9-25(34-2)10-12-26/h3-12,17-18,21H,13-16,19-20H2,1-2H3/t21-,29+/m1/s1. The number of carbonyl (C=O) groups excluding carboxylic acids is 1. The first-order valence-electron chi connectivity index (χ1n) is 12.2. The highest BCUT2D eigenvalue weighted by Crippen LogP contribution is 2.44. The fourth-order valence-electron chi connectivity index (χ4n) is 5.60. The number of methoxy groups -OCH3 is 1. The van der Waals surface area contributed by atoms with Gasteiger partial charge >= 0.3 is 0 Å². The first-order chi connectivity index (χ1) is 17.0. The average molecular weight is 475 g/mol. The van der Waals surface area contributed by atoms with E-state index in [1.165, 1.54) is 17.7 Å². The quantitative estimate of drug-likeness (QED) is 0.428. The Hall–Kier alpha value is -3.38. The van der Waals surface area contributed by atoms with Crippen LogP contribution in [-0.4, -0.2) is 36.0 Å². The zero-order valence-corrected chi connectivity index (χ0v) is 20.2. The number of halogens is 1. The monoisotopic (exact) mass is 474 g/mol. The minimum absolute atomic E-state index is 0.0969. The van der Waals surface area contributed by atoms with Gasteiger partial charge in [0.15, 0.2) is 0 Å². The Morgan fingerprint density at radius 2 is 1.74 bits per heavy atom. The van der Waals surface area contributed by atoms with Gasteiger partial charge in [0.05, 0.1) is 12.6 Å². The summed E-state index contributed by atoms with van der Waals surface area (Å²) in [5.41, 5.74) is 1.62. The number of hydrogen-bond donors (Lipinski definition) is 0. The van der Waals surface area contributed by atoms with Crippen molar-refractivity contribution < 1.29 is 18.7 Å². The lowest BCUT2D eigenvalue weighted by molar-refractivity contribution is -0.117. The molecule has 0 aromatic heterocycles. The Labute approximate surface area is 206 Å². The summed E-state index contributed by atoms with van der Waals surface area (Å²) >= 11 is 0. The molecule has 35 heavy (non-hydrogen) atoms. The number of piperidine rings is 1. The maximum Gasteiger partial charge on any atom is 0.227 e. The molecule has 3 aromatic carbocycles. The van der Waals surface area contributed by atoms with Crippen LogP contribution < -0.4 is 14.4 Å². The van der Waals surface area contributed by atoms with Crippen LogP contribution in [0.15, 0.2) is 72.8 Å². The van der Waals surface area contributed by atoms with Gasteiger partial charge in [0.25, 0.3) is 0 Å². The molecule has 2 aliphatic rings. The molecule has 2 atom stereocenters. The molecular formula is C29H31FN2O3. The lowest BCUT2D eigenvalue weighted by Gasteiger charge is -2.48. The van der Waals surface area contributed by atoms with E-state index in [1.807, 2.05) is 47.4 Å². The van der Waals surface area contributed by atoms with E-state index >= 15 is 0 Å². The fraction of sp³-hybridized carbons (Fsp3) is 0.345. The van der Waals surface area contributed by atoms with Crippen LogP contribution in [0.3, 0.4) is 0 Å². The van der Waals surface area contributed by atoms with E-state index in [-0.39, 0.29) is 23.3 Å². The lowest BCUT2D eigenvalue weighted by atomic mass is 9.81. The van der Waals surface area contributed by atoms with Crippen molar-refractivity contribution in [3.8, 4) is 17.2 Å². The molecule has 0 bridgehead atoms. The molecule has 2 heterocycles. The van der Waals surface area contributed by atoms with E-state index in [4.69, 9.17) is 9.47 Å². The number of likely N-dealkylation sites (tertiary alicyclic amines) is 1. The van der Waals surface area contributed by atoms with Crippen molar-refractivity contribution in [2.45, 2.75) is 50.7 Å². The van der Waals surface area contributed by atoms with Crippen molar-refractivity contribution >= 4 is 11.6 Å². The van der Waals surface area contributed by atoms with Crippen molar-refractivity contribution in [1.29, 1.82) is 0 Å². The minimum Gasteiger partial charge on any atom is -0.497 e. The Bertz CT molecular complexity index is 1200. The SMILES string of the molecule is COc1ccc(Oc2cccc(CN3CC[C@@]4(CCC(=O)N4c4cccc(F)c4)C[C@H]3C)c2)cc1. The van der Waals surface area contributed by atoms with Crippen molar-refractivity contribution in [3.63, 3.8) is 0 Å². The van der Waals surface area contributed by atoms with Gasteiger partial charge in [-0.2, -0.15) is 0 Å². The molecule has 1 spiro atoms. The summed E-state index contributed by atoms with van der Waals surface area (Å²) in [7, 11) is 1.65. The zero-order chi connectivity index (χ0) is 24.4. The number of carbonyl (C=O) groups is 1. The Balaban J connectivity index is 1.27. The number of nitrogens with zero attached hydrogens (tertiary/aromatic N) is 2. The second-order valence-corrected chi connectivity index (χ2v) is 9.63. The number of amides is 1. The fourth-order valence-corrected chi connectivity index (χ4v) is 5.60. The maximum absolute atomic E-state index is 13.9. The molecule has 2 saturated heterocycles. The molecule has 0 N–H and O–H groups in total. The summed E-state index contributed by atoms with van der Waals surface area (Å²) in [6.07, 6.45) is 3.10. The molecule has 1 amide bonds. The van der Waals surface area contributed by atoms with E-state index in [9.17, 15) is 9.18 Å². The molecule has 6 heteroatoms.